The second kappa shape index (κ2) is 3.34. The number of carboxylic acid groups (broad SMARTS) is 1. The predicted molar refractivity (Wildman–Crippen MR) is 54.9 cm³/mol. The number of aromatic nitrogens is 3. The first-order valence-electron chi connectivity index (χ1n) is 4.67. The van der Waals surface area contributed by atoms with Crippen LogP contribution < -0.4 is 0 Å². The number of nitrogens with one attached hydrogen (secondary N) is 1. The van der Waals surface area contributed by atoms with Gasteiger partial charge in [-0.15, -0.1) is 0 Å². The molecule has 5 heteroatoms. The molecule has 2 aromatic heterocycles. The van der Waals surface area contributed by atoms with E-state index < -0.39 is 5.97 Å². The molecule has 0 aliphatic rings. The molecule has 2 rings (SSSR count). The highest BCUT2D eigenvalue weighted by Crippen LogP contribution is 2.16. The van der Waals surface area contributed by atoms with Crippen molar-refractivity contribution in [3.05, 3.63) is 23.7 Å². The van der Waals surface area contributed by atoms with Crippen molar-refractivity contribution in [2.45, 2.75) is 19.8 Å². The van der Waals surface area contributed by atoms with Crippen LogP contribution in [0.25, 0.3) is 11.2 Å². The predicted octanol–water partition coefficient (Wildman–Crippen LogP) is 1.78. The SMILES string of the molecule is CC(C)c1nc2ncc(C(=O)O)cc2[nH]1. The van der Waals surface area contributed by atoms with Gasteiger partial charge in [-0.2, -0.15) is 0 Å². The minimum absolute atomic E-state index is 0.168. The van der Waals surface area contributed by atoms with E-state index in [0.29, 0.717) is 11.2 Å². The van der Waals surface area contributed by atoms with Crippen molar-refractivity contribution < 1.29 is 9.90 Å². The number of carbonyl (C=O) groups is 1. The molecule has 2 aromatic rings. The third kappa shape index (κ3) is 1.68. The highest BCUT2D eigenvalue weighted by atomic mass is 16.4. The van der Waals surface area contributed by atoms with Crippen molar-refractivity contribution in [1.82, 2.24) is 15.0 Å². The minimum Gasteiger partial charge on any atom is -0.478 e. The quantitative estimate of drug-likeness (QED) is 0.783. The van der Waals surface area contributed by atoms with Crippen LogP contribution in [0.4, 0.5) is 0 Å². The standard InChI is InChI=1S/C10H11N3O2/c1-5(2)8-12-7-3-6(10(14)15)4-11-9(7)13-8/h3-5H,1-2H3,(H,14,15)(H,11,12,13). The summed E-state index contributed by atoms with van der Waals surface area (Å²) in [4.78, 5) is 22.0. The van der Waals surface area contributed by atoms with Crippen molar-refractivity contribution in [2.24, 2.45) is 0 Å². The zero-order chi connectivity index (χ0) is 11.0. The number of carboxylic acids is 1. The summed E-state index contributed by atoms with van der Waals surface area (Å²) in [6, 6.07) is 1.55. The lowest BCUT2D eigenvalue weighted by atomic mass is 10.2. The van der Waals surface area contributed by atoms with Crippen LogP contribution in [0.2, 0.25) is 0 Å². The van der Waals surface area contributed by atoms with Gasteiger partial charge in [0, 0.05) is 12.1 Å². The number of imidazole rings is 1. The van der Waals surface area contributed by atoms with E-state index in [4.69, 9.17) is 5.11 Å². The molecule has 0 aromatic carbocycles. The summed E-state index contributed by atoms with van der Waals surface area (Å²) in [5.41, 5.74) is 1.39. The van der Waals surface area contributed by atoms with E-state index >= 15 is 0 Å². The Morgan fingerprint density at radius 3 is 2.87 bits per heavy atom. The first-order chi connectivity index (χ1) is 7.08. The summed E-state index contributed by atoms with van der Waals surface area (Å²) in [5, 5.41) is 8.79. The van der Waals surface area contributed by atoms with E-state index in [2.05, 4.69) is 15.0 Å². The molecule has 0 spiro atoms. The van der Waals surface area contributed by atoms with E-state index in [9.17, 15) is 4.79 Å². The van der Waals surface area contributed by atoms with Crippen LogP contribution >= 0.6 is 0 Å². The Morgan fingerprint density at radius 2 is 2.27 bits per heavy atom. The van der Waals surface area contributed by atoms with Crippen molar-refractivity contribution >= 4 is 17.1 Å². The molecule has 0 saturated heterocycles. The molecular weight excluding hydrogens is 194 g/mol. The summed E-state index contributed by atoms with van der Waals surface area (Å²) in [7, 11) is 0. The zero-order valence-corrected chi connectivity index (χ0v) is 8.48. The van der Waals surface area contributed by atoms with E-state index in [1.54, 1.807) is 6.07 Å². The largest absolute Gasteiger partial charge is 0.478 e. The number of pyridine rings is 1. The van der Waals surface area contributed by atoms with Gasteiger partial charge in [0.15, 0.2) is 5.65 Å². The summed E-state index contributed by atoms with van der Waals surface area (Å²) in [5.74, 6) is 0.109. The maximum absolute atomic E-state index is 10.7. The fraction of sp³-hybridized carbons (Fsp3) is 0.300. The fourth-order valence-electron chi connectivity index (χ4n) is 1.31. The van der Waals surface area contributed by atoms with Gasteiger partial charge in [0.05, 0.1) is 11.1 Å². The van der Waals surface area contributed by atoms with Gasteiger partial charge in [0.1, 0.15) is 5.82 Å². The smallest absolute Gasteiger partial charge is 0.337 e. The van der Waals surface area contributed by atoms with Gasteiger partial charge in [-0.3, -0.25) is 0 Å². The molecule has 5 nitrogen and oxygen atoms in total. The molecule has 0 fully saturated rings. The molecule has 15 heavy (non-hydrogen) atoms. The van der Waals surface area contributed by atoms with Crippen LogP contribution in [0, 0.1) is 0 Å². The number of aromatic amines is 1. The molecule has 78 valence electrons. The number of aromatic carboxylic acids is 1. The molecule has 2 heterocycles. The molecule has 0 amide bonds. The summed E-state index contributed by atoms with van der Waals surface area (Å²) >= 11 is 0. The second-order valence-electron chi connectivity index (χ2n) is 3.68. The molecule has 0 atom stereocenters. The van der Waals surface area contributed by atoms with Crippen LogP contribution in [-0.4, -0.2) is 26.0 Å². The van der Waals surface area contributed by atoms with Crippen molar-refractivity contribution in [2.75, 3.05) is 0 Å². The van der Waals surface area contributed by atoms with E-state index in [-0.39, 0.29) is 11.5 Å². The molecule has 0 aliphatic carbocycles. The van der Waals surface area contributed by atoms with Crippen LogP contribution in [0.15, 0.2) is 12.3 Å². The molecular formula is C10H11N3O2. The number of rotatable bonds is 2. The number of H-pyrrole nitrogens is 1. The Bertz CT molecular complexity index is 516. The number of hydrogen-bond donors (Lipinski definition) is 2. The molecule has 0 radical (unpaired) electrons. The lowest BCUT2D eigenvalue weighted by Gasteiger charge is -1.95. The number of fused-ring (bicyclic) bond motifs is 1. The molecule has 2 N–H and O–H groups in total. The Kier molecular flexibility index (Phi) is 2.15. The molecule has 0 aliphatic heterocycles. The van der Waals surface area contributed by atoms with Gasteiger partial charge >= 0.3 is 5.97 Å². The van der Waals surface area contributed by atoms with Gasteiger partial charge in [-0.05, 0) is 6.07 Å². The van der Waals surface area contributed by atoms with Crippen LogP contribution in [-0.2, 0) is 0 Å². The normalized spacial score (nSPS) is 11.1. The van der Waals surface area contributed by atoms with Crippen LogP contribution in [0.3, 0.4) is 0 Å². The lowest BCUT2D eigenvalue weighted by Crippen LogP contribution is -1.96. The third-order valence-electron chi connectivity index (χ3n) is 2.15. The first kappa shape index (κ1) is 9.64. The fourth-order valence-corrected chi connectivity index (χ4v) is 1.31. The van der Waals surface area contributed by atoms with Gasteiger partial charge in [0.2, 0.25) is 0 Å². The average molecular weight is 205 g/mol. The number of nitrogens with zero attached hydrogens (tertiary/aromatic N) is 2. The van der Waals surface area contributed by atoms with Crippen molar-refractivity contribution in [1.29, 1.82) is 0 Å². The van der Waals surface area contributed by atoms with Gasteiger partial charge in [-0.1, -0.05) is 13.8 Å². The second-order valence-corrected chi connectivity index (χ2v) is 3.68. The lowest BCUT2D eigenvalue weighted by molar-refractivity contribution is 0.0696. The van der Waals surface area contributed by atoms with E-state index in [1.807, 2.05) is 13.8 Å². The van der Waals surface area contributed by atoms with Crippen LogP contribution in [0.5, 0.6) is 0 Å². The van der Waals surface area contributed by atoms with Crippen molar-refractivity contribution in [3.63, 3.8) is 0 Å². The molecule has 0 unspecified atom stereocenters. The average Bonchev–Trinajstić information content (AvgIpc) is 2.59. The Morgan fingerprint density at radius 1 is 1.53 bits per heavy atom. The highest BCUT2D eigenvalue weighted by Gasteiger charge is 2.10. The third-order valence-corrected chi connectivity index (χ3v) is 2.15. The summed E-state index contributed by atoms with van der Waals surface area (Å²) in [6.07, 6.45) is 1.32. The van der Waals surface area contributed by atoms with Crippen molar-refractivity contribution in [3.8, 4) is 0 Å². The van der Waals surface area contributed by atoms with Crippen LogP contribution in [0.1, 0.15) is 35.9 Å². The monoisotopic (exact) mass is 205 g/mol. The Balaban J connectivity index is 2.57. The van der Waals surface area contributed by atoms with Gasteiger partial charge in [0.25, 0.3) is 0 Å². The molecule has 0 saturated carbocycles. The first-order valence-corrected chi connectivity index (χ1v) is 4.67. The van der Waals surface area contributed by atoms with Gasteiger partial charge in [-0.25, -0.2) is 14.8 Å². The zero-order valence-electron chi connectivity index (χ0n) is 8.48. The summed E-state index contributed by atoms with van der Waals surface area (Å²) in [6.45, 7) is 4.02. The maximum atomic E-state index is 10.7. The summed E-state index contributed by atoms with van der Waals surface area (Å²) < 4.78 is 0. The maximum Gasteiger partial charge on any atom is 0.337 e. The Hall–Kier alpha value is -1.91. The van der Waals surface area contributed by atoms with E-state index in [1.165, 1.54) is 6.20 Å². The molecule has 0 bridgehead atoms. The van der Waals surface area contributed by atoms with Gasteiger partial charge < -0.3 is 10.1 Å². The Labute approximate surface area is 86.2 Å². The van der Waals surface area contributed by atoms with E-state index in [0.717, 1.165) is 5.82 Å². The topological polar surface area (TPSA) is 78.9 Å². The number of hydrogen-bond acceptors (Lipinski definition) is 3. The highest BCUT2D eigenvalue weighted by molar-refractivity contribution is 5.90. The minimum atomic E-state index is -0.981.